The summed E-state index contributed by atoms with van der Waals surface area (Å²) in [6.07, 6.45) is 3.22. The summed E-state index contributed by atoms with van der Waals surface area (Å²) < 4.78 is 0. The molecule has 0 aromatic carbocycles. The summed E-state index contributed by atoms with van der Waals surface area (Å²) in [6.45, 7) is 8.25. The zero-order chi connectivity index (χ0) is 9.84. The van der Waals surface area contributed by atoms with Crippen LogP contribution in [0.1, 0.15) is 40.0 Å². The van der Waals surface area contributed by atoms with Crippen LogP contribution in [0.4, 0.5) is 0 Å². The largest absolute Gasteiger partial charge is 0.298 e. The second-order valence-corrected chi connectivity index (χ2v) is 4.32. The summed E-state index contributed by atoms with van der Waals surface area (Å²) in [5, 5.41) is 0. The predicted octanol–water partition coefficient (Wildman–Crippen LogP) is 2.09. The first kappa shape index (κ1) is 10.7. The van der Waals surface area contributed by atoms with E-state index in [1.165, 1.54) is 12.8 Å². The van der Waals surface area contributed by atoms with Crippen molar-refractivity contribution in [3.8, 4) is 0 Å². The van der Waals surface area contributed by atoms with E-state index >= 15 is 0 Å². The van der Waals surface area contributed by atoms with Crippen LogP contribution < -0.4 is 0 Å². The van der Waals surface area contributed by atoms with E-state index in [9.17, 15) is 4.79 Å². The van der Waals surface area contributed by atoms with Gasteiger partial charge in [-0.05, 0) is 25.3 Å². The Morgan fingerprint density at radius 3 is 2.77 bits per heavy atom. The molecular formula is C11H21NO. The minimum absolute atomic E-state index is 0.382. The van der Waals surface area contributed by atoms with Crippen molar-refractivity contribution in [2.45, 2.75) is 46.1 Å². The molecule has 0 N–H and O–H groups in total. The molecule has 1 heterocycles. The van der Waals surface area contributed by atoms with Crippen LogP contribution in [-0.2, 0) is 4.79 Å². The monoisotopic (exact) mass is 183 g/mol. The minimum Gasteiger partial charge on any atom is -0.298 e. The van der Waals surface area contributed by atoms with Crippen molar-refractivity contribution in [2.24, 2.45) is 5.92 Å². The summed E-state index contributed by atoms with van der Waals surface area (Å²) in [5.74, 6) is 1.07. The van der Waals surface area contributed by atoms with E-state index in [1.54, 1.807) is 0 Å². The van der Waals surface area contributed by atoms with Crippen molar-refractivity contribution in [3.63, 3.8) is 0 Å². The van der Waals surface area contributed by atoms with E-state index in [-0.39, 0.29) is 0 Å². The van der Waals surface area contributed by atoms with Crippen molar-refractivity contribution in [2.75, 3.05) is 13.1 Å². The highest BCUT2D eigenvalue weighted by Gasteiger charge is 2.27. The third-order valence-corrected chi connectivity index (χ3v) is 2.96. The molecular weight excluding hydrogens is 162 g/mol. The number of Topliss-reactive ketones (excluding diaryl/α,β-unsaturated/α-hetero) is 1. The molecule has 0 amide bonds. The summed E-state index contributed by atoms with van der Waals surface area (Å²) in [4.78, 5) is 13.7. The summed E-state index contributed by atoms with van der Waals surface area (Å²) in [6, 6.07) is 0.649. The van der Waals surface area contributed by atoms with Gasteiger partial charge in [0.2, 0.25) is 0 Å². The smallest absolute Gasteiger partial charge is 0.146 e. The predicted molar refractivity (Wildman–Crippen MR) is 54.7 cm³/mol. The third-order valence-electron chi connectivity index (χ3n) is 2.96. The van der Waals surface area contributed by atoms with Gasteiger partial charge in [-0.3, -0.25) is 9.69 Å². The van der Waals surface area contributed by atoms with Gasteiger partial charge >= 0.3 is 0 Å². The Labute approximate surface area is 81.3 Å². The molecule has 2 nitrogen and oxygen atoms in total. The molecule has 0 aliphatic carbocycles. The lowest BCUT2D eigenvalue weighted by Crippen LogP contribution is -2.37. The van der Waals surface area contributed by atoms with Gasteiger partial charge in [-0.2, -0.15) is 0 Å². The molecule has 1 aliphatic heterocycles. The highest BCUT2D eigenvalue weighted by atomic mass is 16.1. The van der Waals surface area contributed by atoms with Crippen LogP contribution >= 0.6 is 0 Å². The van der Waals surface area contributed by atoms with Crippen LogP contribution in [0, 0.1) is 5.92 Å². The van der Waals surface area contributed by atoms with Crippen LogP contribution in [0.5, 0.6) is 0 Å². The lowest BCUT2D eigenvalue weighted by atomic mass is 10.0. The first-order valence-electron chi connectivity index (χ1n) is 5.41. The number of carbonyl (C=O) groups is 1. The number of likely N-dealkylation sites (tertiary alicyclic amines) is 1. The van der Waals surface area contributed by atoms with Crippen molar-refractivity contribution < 1.29 is 4.79 Å². The number of nitrogens with zero attached hydrogens (tertiary/aromatic N) is 1. The SMILES string of the molecule is CCC(=O)CN1CCCC1C(C)C. The minimum atomic E-state index is 0.382. The molecule has 1 aliphatic rings. The number of hydrogen-bond acceptors (Lipinski definition) is 2. The van der Waals surface area contributed by atoms with Crippen LogP contribution in [-0.4, -0.2) is 29.8 Å². The Morgan fingerprint density at radius 2 is 2.23 bits per heavy atom. The first-order chi connectivity index (χ1) is 6.15. The van der Waals surface area contributed by atoms with Gasteiger partial charge < -0.3 is 0 Å². The maximum atomic E-state index is 11.3. The highest BCUT2D eigenvalue weighted by molar-refractivity contribution is 5.80. The van der Waals surface area contributed by atoms with Gasteiger partial charge in [0.25, 0.3) is 0 Å². The number of ketones is 1. The maximum absolute atomic E-state index is 11.3. The van der Waals surface area contributed by atoms with Gasteiger partial charge in [-0.15, -0.1) is 0 Å². The van der Waals surface area contributed by atoms with Gasteiger partial charge in [-0.1, -0.05) is 20.8 Å². The second kappa shape index (κ2) is 4.75. The topological polar surface area (TPSA) is 20.3 Å². The number of carbonyl (C=O) groups excluding carboxylic acids is 1. The van der Waals surface area contributed by atoms with E-state index in [4.69, 9.17) is 0 Å². The molecule has 1 saturated heterocycles. The molecule has 1 rings (SSSR count). The molecule has 1 unspecified atom stereocenters. The molecule has 0 saturated carbocycles. The van der Waals surface area contributed by atoms with Gasteiger partial charge in [-0.25, -0.2) is 0 Å². The Hall–Kier alpha value is -0.370. The molecule has 0 radical (unpaired) electrons. The van der Waals surface area contributed by atoms with Crippen LogP contribution in [0.15, 0.2) is 0 Å². The van der Waals surface area contributed by atoms with E-state index < -0.39 is 0 Å². The Kier molecular flexibility index (Phi) is 3.91. The fourth-order valence-electron chi connectivity index (χ4n) is 2.14. The van der Waals surface area contributed by atoms with Gasteiger partial charge in [0.1, 0.15) is 5.78 Å². The number of rotatable bonds is 4. The van der Waals surface area contributed by atoms with Gasteiger partial charge in [0.15, 0.2) is 0 Å². The summed E-state index contributed by atoms with van der Waals surface area (Å²) in [5.41, 5.74) is 0. The second-order valence-electron chi connectivity index (χ2n) is 4.32. The van der Waals surface area contributed by atoms with Crippen molar-refractivity contribution in [3.05, 3.63) is 0 Å². The Morgan fingerprint density at radius 1 is 1.54 bits per heavy atom. The normalized spacial score (nSPS) is 24.2. The van der Waals surface area contributed by atoms with Crippen LogP contribution in [0.2, 0.25) is 0 Å². The average molecular weight is 183 g/mol. The van der Waals surface area contributed by atoms with Crippen LogP contribution in [0.25, 0.3) is 0 Å². The average Bonchev–Trinajstić information content (AvgIpc) is 2.52. The summed E-state index contributed by atoms with van der Waals surface area (Å²) in [7, 11) is 0. The molecule has 0 bridgehead atoms. The van der Waals surface area contributed by atoms with Gasteiger partial charge in [0, 0.05) is 12.5 Å². The quantitative estimate of drug-likeness (QED) is 0.665. The van der Waals surface area contributed by atoms with Crippen molar-refractivity contribution in [1.82, 2.24) is 4.90 Å². The zero-order valence-corrected chi connectivity index (χ0v) is 9.05. The van der Waals surface area contributed by atoms with Crippen molar-refractivity contribution >= 4 is 5.78 Å². The van der Waals surface area contributed by atoms with Crippen LogP contribution in [0.3, 0.4) is 0 Å². The Bertz CT molecular complexity index is 177. The molecule has 0 aromatic rings. The standard InChI is InChI=1S/C11H21NO/c1-4-10(13)8-12-7-5-6-11(12)9(2)3/h9,11H,4-8H2,1-3H3. The van der Waals surface area contributed by atoms with E-state index in [0.717, 1.165) is 6.54 Å². The van der Waals surface area contributed by atoms with E-state index in [2.05, 4.69) is 18.7 Å². The van der Waals surface area contributed by atoms with E-state index in [0.29, 0.717) is 30.7 Å². The number of hydrogen-bond donors (Lipinski definition) is 0. The molecule has 2 heteroatoms. The third kappa shape index (κ3) is 2.80. The molecule has 1 atom stereocenters. The Balaban J connectivity index is 2.44. The lowest BCUT2D eigenvalue weighted by Gasteiger charge is -2.26. The molecule has 0 spiro atoms. The molecule has 1 fully saturated rings. The fraction of sp³-hybridized carbons (Fsp3) is 0.909. The highest BCUT2D eigenvalue weighted by Crippen LogP contribution is 2.23. The molecule has 76 valence electrons. The lowest BCUT2D eigenvalue weighted by molar-refractivity contribution is -0.120. The fourth-order valence-corrected chi connectivity index (χ4v) is 2.14. The zero-order valence-electron chi connectivity index (χ0n) is 9.05. The first-order valence-corrected chi connectivity index (χ1v) is 5.41. The van der Waals surface area contributed by atoms with Crippen molar-refractivity contribution in [1.29, 1.82) is 0 Å². The molecule has 13 heavy (non-hydrogen) atoms. The van der Waals surface area contributed by atoms with Gasteiger partial charge in [0.05, 0.1) is 6.54 Å². The van der Waals surface area contributed by atoms with E-state index in [1.807, 2.05) is 6.92 Å². The molecule has 0 aromatic heterocycles. The maximum Gasteiger partial charge on any atom is 0.146 e. The summed E-state index contributed by atoms with van der Waals surface area (Å²) >= 11 is 0.